The normalized spacial score (nSPS) is 10.8. The Morgan fingerprint density at radius 2 is 1.62 bits per heavy atom. The van der Waals surface area contributed by atoms with Gasteiger partial charge in [0.05, 0.1) is 13.5 Å². The Bertz CT molecular complexity index is 775. The molecule has 2 amide bonds. The predicted octanol–water partition coefficient (Wildman–Crippen LogP) is 2.59. The lowest BCUT2D eigenvalue weighted by atomic mass is 10.2. The smallest absolute Gasteiger partial charge is 0.277 e. The van der Waals surface area contributed by atoms with Gasteiger partial charge in [-0.25, -0.2) is 5.43 Å². The van der Waals surface area contributed by atoms with Gasteiger partial charge in [0.25, 0.3) is 5.91 Å². The van der Waals surface area contributed by atoms with E-state index in [0.717, 1.165) is 0 Å². The van der Waals surface area contributed by atoms with E-state index in [1.165, 1.54) is 7.11 Å². The molecular formula is C19H21N3O4. The van der Waals surface area contributed by atoms with Crippen LogP contribution in [0.4, 0.5) is 5.69 Å². The Labute approximate surface area is 152 Å². The van der Waals surface area contributed by atoms with Crippen LogP contribution in [0.15, 0.2) is 59.7 Å². The molecule has 0 saturated carbocycles. The first-order valence-electron chi connectivity index (χ1n) is 8.01. The third kappa shape index (κ3) is 6.27. The van der Waals surface area contributed by atoms with Crippen LogP contribution in [-0.2, 0) is 9.59 Å². The number of hydrazone groups is 1. The molecule has 2 aromatic carbocycles. The minimum atomic E-state index is -0.432. The molecule has 7 nitrogen and oxygen atoms in total. The van der Waals surface area contributed by atoms with E-state index in [-0.39, 0.29) is 18.9 Å². The van der Waals surface area contributed by atoms with E-state index in [9.17, 15) is 9.59 Å². The number of benzene rings is 2. The molecule has 0 saturated heterocycles. The van der Waals surface area contributed by atoms with Crippen LogP contribution in [0.2, 0.25) is 0 Å². The number of amides is 2. The number of carbonyl (C=O) groups excluding carboxylic acids is 2. The average Bonchev–Trinajstić information content (AvgIpc) is 2.65. The monoisotopic (exact) mass is 355 g/mol. The topological polar surface area (TPSA) is 89.0 Å². The molecule has 2 rings (SSSR count). The van der Waals surface area contributed by atoms with Gasteiger partial charge in [-0.15, -0.1) is 0 Å². The molecule has 0 unspecified atom stereocenters. The highest BCUT2D eigenvalue weighted by molar-refractivity contribution is 6.05. The van der Waals surface area contributed by atoms with Crippen LogP contribution in [0.5, 0.6) is 11.5 Å². The van der Waals surface area contributed by atoms with Gasteiger partial charge in [-0.3, -0.25) is 9.59 Å². The molecule has 7 heteroatoms. The van der Waals surface area contributed by atoms with Crippen LogP contribution in [0, 0.1) is 0 Å². The Morgan fingerprint density at radius 3 is 2.31 bits per heavy atom. The number of rotatable bonds is 8. The number of anilines is 1. The third-order valence-electron chi connectivity index (χ3n) is 3.27. The van der Waals surface area contributed by atoms with Gasteiger partial charge in [0, 0.05) is 11.4 Å². The van der Waals surface area contributed by atoms with Crippen LogP contribution in [0.25, 0.3) is 0 Å². The number of nitrogens with one attached hydrogen (secondary N) is 2. The van der Waals surface area contributed by atoms with Crippen molar-refractivity contribution in [3.05, 3.63) is 54.6 Å². The number of methoxy groups -OCH3 is 1. The van der Waals surface area contributed by atoms with Crippen molar-refractivity contribution < 1.29 is 19.1 Å². The predicted molar refractivity (Wildman–Crippen MR) is 99.4 cm³/mol. The molecule has 136 valence electrons. The summed E-state index contributed by atoms with van der Waals surface area (Å²) in [5.74, 6) is 0.362. The molecule has 2 N–H and O–H groups in total. The molecule has 0 fully saturated rings. The van der Waals surface area contributed by atoms with Gasteiger partial charge in [-0.2, -0.15) is 5.10 Å². The highest BCUT2D eigenvalue weighted by atomic mass is 16.5. The lowest BCUT2D eigenvalue weighted by molar-refractivity contribution is -0.123. The maximum atomic E-state index is 11.9. The lowest BCUT2D eigenvalue weighted by Crippen LogP contribution is -2.26. The van der Waals surface area contributed by atoms with E-state index >= 15 is 0 Å². The summed E-state index contributed by atoms with van der Waals surface area (Å²) in [7, 11) is 1.52. The highest BCUT2D eigenvalue weighted by Gasteiger charge is 2.08. The van der Waals surface area contributed by atoms with E-state index in [0.29, 0.717) is 22.9 Å². The van der Waals surface area contributed by atoms with Crippen molar-refractivity contribution in [3.8, 4) is 11.5 Å². The zero-order valence-corrected chi connectivity index (χ0v) is 14.7. The van der Waals surface area contributed by atoms with E-state index in [1.807, 2.05) is 18.2 Å². The Kier molecular flexibility index (Phi) is 7.17. The molecule has 2 aromatic rings. The van der Waals surface area contributed by atoms with E-state index < -0.39 is 5.91 Å². The van der Waals surface area contributed by atoms with Crippen molar-refractivity contribution in [3.63, 3.8) is 0 Å². The molecule has 0 aliphatic rings. The summed E-state index contributed by atoms with van der Waals surface area (Å²) in [5, 5.41) is 6.65. The minimum absolute atomic E-state index is 0.0720. The first-order chi connectivity index (χ1) is 12.6. The first kappa shape index (κ1) is 19.0. The molecule has 26 heavy (non-hydrogen) atoms. The summed E-state index contributed by atoms with van der Waals surface area (Å²) in [6.45, 7) is 1.44. The van der Waals surface area contributed by atoms with Crippen LogP contribution < -0.4 is 20.2 Å². The summed E-state index contributed by atoms with van der Waals surface area (Å²) in [6, 6.07) is 16.1. The molecule has 0 spiro atoms. The van der Waals surface area contributed by atoms with Crippen molar-refractivity contribution in [2.45, 2.75) is 13.3 Å². The number of nitrogens with zero attached hydrogens (tertiary/aromatic N) is 1. The number of carbonyl (C=O) groups is 2. The Morgan fingerprint density at radius 1 is 0.962 bits per heavy atom. The SMILES string of the molecule is COc1ccccc1OCC(=O)N/N=C(\C)CC(=O)Nc1ccccc1. The van der Waals surface area contributed by atoms with Crippen molar-refractivity contribution in [1.29, 1.82) is 0 Å². The summed E-state index contributed by atoms with van der Waals surface area (Å²) in [4.78, 5) is 23.7. The van der Waals surface area contributed by atoms with Crippen molar-refractivity contribution >= 4 is 23.2 Å². The highest BCUT2D eigenvalue weighted by Crippen LogP contribution is 2.25. The zero-order valence-electron chi connectivity index (χ0n) is 14.7. The molecule has 0 aliphatic carbocycles. The van der Waals surface area contributed by atoms with Crippen molar-refractivity contribution in [2.75, 3.05) is 19.0 Å². The third-order valence-corrected chi connectivity index (χ3v) is 3.27. The van der Waals surface area contributed by atoms with Crippen LogP contribution in [-0.4, -0.2) is 31.2 Å². The standard InChI is InChI=1S/C19H21N3O4/c1-14(12-18(23)20-15-8-4-3-5-9-15)21-22-19(24)13-26-17-11-7-6-10-16(17)25-2/h3-11H,12-13H2,1-2H3,(H,20,23)(H,22,24)/b21-14+. The summed E-state index contributed by atoms with van der Waals surface area (Å²) < 4.78 is 10.5. The fourth-order valence-electron chi connectivity index (χ4n) is 2.07. The molecule has 0 aromatic heterocycles. The van der Waals surface area contributed by atoms with Crippen LogP contribution in [0.1, 0.15) is 13.3 Å². The van der Waals surface area contributed by atoms with Crippen molar-refractivity contribution in [2.24, 2.45) is 5.10 Å². The van der Waals surface area contributed by atoms with E-state index in [2.05, 4.69) is 15.8 Å². The fourth-order valence-corrected chi connectivity index (χ4v) is 2.07. The average molecular weight is 355 g/mol. The number of hydrogen-bond donors (Lipinski definition) is 2. The zero-order chi connectivity index (χ0) is 18.8. The van der Waals surface area contributed by atoms with Gasteiger partial charge >= 0.3 is 0 Å². The first-order valence-corrected chi connectivity index (χ1v) is 8.01. The van der Waals surface area contributed by atoms with E-state index in [4.69, 9.17) is 9.47 Å². The largest absolute Gasteiger partial charge is 0.493 e. The Hall–Kier alpha value is -3.35. The number of hydrogen-bond acceptors (Lipinski definition) is 5. The summed E-state index contributed by atoms with van der Waals surface area (Å²) >= 11 is 0. The van der Waals surface area contributed by atoms with Crippen molar-refractivity contribution in [1.82, 2.24) is 5.43 Å². The number of para-hydroxylation sites is 3. The van der Waals surface area contributed by atoms with E-state index in [1.54, 1.807) is 43.3 Å². The second-order valence-corrected chi connectivity index (χ2v) is 5.41. The molecule has 0 bridgehead atoms. The Balaban J connectivity index is 1.77. The number of ether oxygens (including phenoxy) is 2. The van der Waals surface area contributed by atoms with Gasteiger partial charge in [0.15, 0.2) is 18.1 Å². The maximum Gasteiger partial charge on any atom is 0.277 e. The summed E-state index contributed by atoms with van der Waals surface area (Å²) in [5.41, 5.74) is 3.55. The second-order valence-electron chi connectivity index (χ2n) is 5.41. The molecular weight excluding hydrogens is 334 g/mol. The molecule has 0 heterocycles. The van der Waals surface area contributed by atoms with Crippen LogP contribution >= 0.6 is 0 Å². The van der Waals surface area contributed by atoms with Crippen LogP contribution in [0.3, 0.4) is 0 Å². The minimum Gasteiger partial charge on any atom is -0.493 e. The van der Waals surface area contributed by atoms with Gasteiger partial charge in [-0.1, -0.05) is 30.3 Å². The fraction of sp³-hybridized carbons (Fsp3) is 0.211. The van der Waals surface area contributed by atoms with Gasteiger partial charge < -0.3 is 14.8 Å². The van der Waals surface area contributed by atoms with Gasteiger partial charge in [-0.05, 0) is 31.2 Å². The molecule has 0 radical (unpaired) electrons. The summed E-state index contributed by atoms with van der Waals surface area (Å²) in [6.07, 6.45) is 0.0720. The molecule has 0 atom stereocenters. The van der Waals surface area contributed by atoms with Gasteiger partial charge in [0.2, 0.25) is 5.91 Å². The molecule has 0 aliphatic heterocycles. The second kappa shape index (κ2) is 9.83. The quantitative estimate of drug-likeness (QED) is 0.563. The lowest BCUT2D eigenvalue weighted by Gasteiger charge is -2.09. The maximum absolute atomic E-state index is 11.9. The van der Waals surface area contributed by atoms with Gasteiger partial charge in [0.1, 0.15) is 0 Å².